The summed E-state index contributed by atoms with van der Waals surface area (Å²) in [6.07, 6.45) is -0.0742. The van der Waals surface area contributed by atoms with E-state index >= 15 is 0 Å². The van der Waals surface area contributed by atoms with Gasteiger partial charge in [0.05, 0.1) is 0 Å². The molecule has 138 valence electrons. The van der Waals surface area contributed by atoms with E-state index in [0.29, 0.717) is 11.5 Å². The van der Waals surface area contributed by atoms with Crippen molar-refractivity contribution in [1.82, 2.24) is 5.32 Å². The molecule has 0 unspecified atom stereocenters. The second-order valence-electron chi connectivity index (χ2n) is 6.10. The minimum atomic E-state index is -4.35. The van der Waals surface area contributed by atoms with Crippen LogP contribution in [0.25, 0.3) is 6.08 Å². The highest BCUT2D eigenvalue weighted by Crippen LogP contribution is 2.26. The van der Waals surface area contributed by atoms with Crippen molar-refractivity contribution in [1.29, 1.82) is 0 Å². The average Bonchev–Trinajstić information content (AvgIpc) is 2.62. The van der Waals surface area contributed by atoms with E-state index in [0.717, 1.165) is 31.5 Å². The summed E-state index contributed by atoms with van der Waals surface area (Å²) in [5.74, 6) is 1.37. The van der Waals surface area contributed by atoms with E-state index in [-0.39, 0.29) is 5.75 Å². The SMILES string of the molecule is FC(F)(F)COc1ccc(Oc2cccc(C=C3CCNCC3)c2)cc1. The van der Waals surface area contributed by atoms with Crippen molar-refractivity contribution in [3.8, 4) is 17.2 Å². The third-order valence-corrected chi connectivity index (χ3v) is 3.94. The fourth-order valence-electron chi connectivity index (χ4n) is 2.70. The number of halogens is 3. The number of hydrogen-bond donors (Lipinski definition) is 1. The molecule has 1 fully saturated rings. The molecule has 0 aromatic heterocycles. The van der Waals surface area contributed by atoms with E-state index in [1.54, 1.807) is 12.1 Å². The zero-order chi connectivity index (χ0) is 18.4. The third-order valence-electron chi connectivity index (χ3n) is 3.94. The first-order valence-electron chi connectivity index (χ1n) is 8.46. The molecule has 1 saturated heterocycles. The van der Waals surface area contributed by atoms with E-state index < -0.39 is 12.8 Å². The van der Waals surface area contributed by atoms with Crippen molar-refractivity contribution in [3.05, 3.63) is 59.7 Å². The van der Waals surface area contributed by atoms with Gasteiger partial charge in [-0.3, -0.25) is 0 Å². The Hall–Kier alpha value is -2.47. The fraction of sp³-hybridized carbons (Fsp3) is 0.300. The van der Waals surface area contributed by atoms with Crippen LogP contribution in [0.2, 0.25) is 0 Å². The molecule has 0 bridgehead atoms. The number of piperidine rings is 1. The van der Waals surface area contributed by atoms with Gasteiger partial charge in [-0.25, -0.2) is 0 Å². The molecule has 6 heteroatoms. The second kappa shape index (κ2) is 8.27. The summed E-state index contributed by atoms with van der Waals surface area (Å²) in [6, 6.07) is 13.8. The van der Waals surface area contributed by atoms with Crippen LogP contribution in [0, 0.1) is 0 Å². The summed E-state index contributed by atoms with van der Waals surface area (Å²) < 4.78 is 46.9. The quantitative estimate of drug-likeness (QED) is 0.793. The smallest absolute Gasteiger partial charge is 0.422 e. The first kappa shape index (κ1) is 18.3. The van der Waals surface area contributed by atoms with E-state index in [1.807, 2.05) is 24.3 Å². The van der Waals surface area contributed by atoms with Crippen LogP contribution < -0.4 is 14.8 Å². The standard InChI is InChI=1S/C20H20F3NO2/c21-20(22,23)14-25-17-4-6-18(7-5-17)26-19-3-1-2-16(13-19)12-15-8-10-24-11-9-15/h1-7,12-13,24H,8-11,14H2. The van der Waals surface area contributed by atoms with Crippen LogP contribution in [0.15, 0.2) is 54.1 Å². The minimum absolute atomic E-state index is 0.152. The van der Waals surface area contributed by atoms with Gasteiger partial charge in [-0.15, -0.1) is 0 Å². The predicted molar refractivity (Wildman–Crippen MR) is 94.6 cm³/mol. The Labute approximate surface area is 150 Å². The molecule has 0 amide bonds. The maximum atomic E-state index is 12.2. The van der Waals surface area contributed by atoms with Crippen molar-refractivity contribution in [3.63, 3.8) is 0 Å². The maximum Gasteiger partial charge on any atom is 0.422 e. The summed E-state index contributed by atoms with van der Waals surface area (Å²) in [6.45, 7) is 0.703. The van der Waals surface area contributed by atoms with Gasteiger partial charge in [0.15, 0.2) is 6.61 Å². The van der Waals surface area contributed by atoms with Crippen molar-refractivity contribution in [2.75, 3.05) is 19.7 Å². The summed E-state index contributed by atoms with van der Waals surface area (Å²) in [5.41, 5.74) is 2.48. The number of hydrogen-bond acceptors (Lipinski definition) is 3. The van der Waals surface area contributed by atoms with Crippen LogP contribution in [0.3, 0.4) is 0 Å². The van der Waals surface area contributed by atoms with Gasteiger partial charge in [0.1, 0.15) is 17.2 Å². The number of rotatable bonds is 5. The molecule has 2 aromatic carbocycles. The molecule has 26 heavy (non-hydrogen) atoms. The highest BCUT2D eigenvalue weighted by atomic mass is 19.4. The van der Waals surface area contributed by atoms with Crippen LogP contribution in [0.5, 0.6) is 17.2 Å². The lowest BCUT2D eigenvalue weighted by Crippen LogP contribution is -2.22. The molecule has 0 atom stereocenters. The lowest BCUT2D eigenvalue weighted by atomic mass is 10.0. The van der Waals surface area contributed by atoms with Crippen molar-refractivity contribution in [2.24, 2.45) is 0 Å². The number of nitrogens with one attached hydrogen (secondary N) is 1. The molecule has 1 aliphatic rings. The number of alkyl halides is 3. The van der Waals surface area contributed by atoms with Crippen LogP contribution in [-0.4, -0.2) is 25.9 Å². The molecule has 3 rings (SSSR count). The van der Waals surface area contributed by atoms with Gasteiger partial charge in [-0.2, -0.15) is 13.2 Å². The maximum absolute atomic E-state index is 12.2. The summed E-state index contributed by atoms with van der Waals surface area (Å²) in [5, 5.41) is 3.33. The van der Waals surface area contributed by atoms with Crippen LogP contribution >= 0.6 is 0 Å². The van der Waals surface area contributed by atoms with Gasteiger partial charge >= 0.3 is 6.18 Å². The summed E-state index contributed by atoms with van der Waals surface area (Å²) >= 11 is 0. The van der Waals surface area contributed by atoms with E-state index in [9.17, 15) is 13.2 Å². The van der Waals surface area contributed by atoms with Crippen LogP contribution in [0.1, 0.15) is 18.4 Å². The lowest BCUT2D eigenvalue weighted by molar-refractivity contribution is -0.153. The predicted octanol–water partition coefficient (Wildman–Crippen LogP) is 5.19. The third kappa shape index (κ3) is 5.81. The zero-order valence-corrected chi connectivity index (χ0v) is 14.2. The van der Waals surface area contributed by atoms with E-state index in [1.165, 1.54) is 17.7 Å². The molecule has 0 aliphatic carbocycles. The molecule has 1 N–H and O–H groups in total. The van der Waals surface area contributed by atoms with Crippen LogP contribution in [0.4, 0.5) is 13.2 Å². The molecule has 1 heterocycles. The van der Waals surface area contributed by atoms with Gasteiger partial charge in [0.25, 0.3) is 0 Å². The molecule has 2 aromatic rings. The minimum Gasteiger partial charge on any atom is -0.484 e. The van der Waals surface area contributed by atoms with E-state index in [4.69, 9.17) is 4.74 Å². The highest BCUT2D eigenvalue weighted by molar-refractivity contribution is 5.55. The van der Waals surface area contributed by atoms with Gasteiger partial charge in [0.2, 0.25) is 0 Å². The Morgan fingerprint density at radius 3 is 2.31 bits per heavy atom. The topological polar surface area (TPSA) is 30.5 Å². The number of ether oxygens (including phenoxy) is 2. The molecule has 3 nitrogen and oxygen atoms in total. The Balaban J connectivity index is 1.62. The summed E-state index contributed by atoms with van der Waals surface area (Å²) in [7, 11) is 0. The van der Waals surface area contributed by atoms with Gasteiger partial charge in [-0.1, -0.05) is 23.8 Å². The Morgan fingerprint density at radius 1 is 0.923 bits per heavy atom. The largest absolute Gasteiger partial charge is 0.484 e. The van der Waals surface area contributed by atoms with Crippen molar-refractivity contribution >= 4 is 6.08 Å². The highest BCUT2D eigenvalue weighted by Gasteiger charge is 2.28. The first-order valence-corrected chi connectivity index (χ1v) is 8.46. The van der Waals surface area contributed by atoms with Gasteiger partial charge in [-0.05, 0) is 67.9 Å². The Morgan fingerprint density at radius 2 is 1.62 bits per heavy atom. The van der Waals surface area contributed by atoms with Crippen LogP contribution in [-0.2, 0) is 0 Å². The first-order chi connectivity index (χ1) is 12.5. The molecule has 0 spiro atoms. The summed E-state index contributed by atoms with van der Waals surface area (Å²) in [4.78, 5) is 0. The molecular formula is C20H20F3NO2. The van der Waals surface area contributed by atoms with Gasteiger partial charge < -0.3 is 14.8 Å². The molecule has 0 radical (unpaired) electrons. The second-order valence-corrected chi connectivity index (χ2v) is 6.10. The zero-order valence-electron chi connectivity index (χ0n) is 14.2. The van der Waals surface area contributed by atoms with Crippen molar-refractivity contribution in [2.45, 2.75) is 19.0 Å². The lowest BCUT2D eigenvalue weighted by Gasteiger charge is -2.15. The molecule has 0 saturated carbocycles. The normalized spacial score (nSPS) is 14.8. The molecular weight excluding hydrogens is 343 g/mol. The Kier molecular flexibility index (Phi) is 5.83. The van der Waals surface area contributed by atoms with Crippen molar-refractivity contribution < 1.29 is 22.6 Å². The average molecular weight is 363 g/mol. The van der Waals surface area contributed by atoms with Gasteiger partial charge in [0, 0.05) is 0 Å². The van der Waals surface area contributed by atoms with E-state index in [2.05, 4.69) is 16.1 Å². The molecule has 1 aliphatic heterocycles. The monoisotopic (exact) mass is 363 g/mol. The number of benzene rings is 2. The Bertz CT molecular complexity index is 746. The fourth-order valence-corrected chi connectivity index (χ4v) is 2.70.